The van der Waals surface area contributed by atoms with E-state index in [1.807, 2.05) is 6.07 Å². The van der Waals surface area contributed by atoms with Crippen molar-refractivity contribution in [2.75, 3.05) is 17.8 Å². The van der Waals surface area contributed by atoms with Crippen molar-refractivity contribution in [3.63, 3.8) is 0 Å². The van der Waals surface area contributed by atoms with Gasteiger partial charge in [-0.25, -0.2) is 17.8 Å². The van der Waals surface area contributed by atoms with Gasteiger partial charge in [-0.15, -0.1) is 0 Å². The van der Waals surface area contributed by atoms with Crippen LogP contribution in [0.5, 0.6) is 11.5 Å². The number of halogens is 1. The molecular formula is C28H30FN5O4S. The van der Waals surface area contributed by atoms with E-state index in [-0.39, 0.29) is 28.6 Å². The first kappa shape index (κ1) is 25.8. The number of aromatic nitrogens is 2. The second-order valence-corrected chi connectivity index (χ2v) is 13.0. The molecule has 2 saturated carbocycles. The zero-order valence-electron chi connectivity index (χ0n) is 21.5. The van der Waals surface area contributed by atoms with Crippen LogP contribution < -0.4 is 20.3 Å². The van der Waals surface area contributed by atoms with E-state index in [9.17, 15) is 22.9 Å². The Morgan fingerprint density at radius 3 is 2.62 bits per heavy atom. The normalized spacial score (nSPS) is 19.6. The Bertz CT molecular complexity index is 1630. The molecule has 2 heterocycles. The van der Waals surface area contributed by atoms with E-state index in [0.29, 0.717) is 29.2 Å². The standard InChI is InChI=1S/C28H30FN5O4S/c29-23-6-8-25(33-39(36,37)20-3-1-2-4-20)22(16-30)26(23)38-19-5-7-24-21(13-19)27(35)34(17-32-24)18-14-28(15-18)9-11-31-12-10-28/h5-8,13,17-18,20,31,33H,1-4,9-12,14-15H2. The van der Waals surface area contributed by atoms with Gasteiger partial charge < -0.3 is 10.1 Å². The summed E-state index contributed by atoms with van der Waals surface area (Å²) in [5.41, 5.74) is 0.284. The van der Waals surface area contributed by atoms with E-state index in [4.69, 9.17) is 4.74 Å². The Morgan fingerprint density at radius 1 is 1.15 bits per heavy atom. The predicted octanol–water partition coefficient (Wildman–Crippen LogP) is 4.59. The number of rotatable bonds is 6. The highest BCUT2D eigenvalue weighted by atomic mass is 32.2. The third kappa shape index (κ3) is 4.76. The lowest BCUT2D eigenvalue weighted by molar-refractivity contribution is 0.0270. The number of sulfonamides is 1. The van der Waals surface area contributed by atoms with Crippen LogP contribution >= 0.6 is 0 Å². The first-order valence-corrected chi connectivity index (χ1v) is 15.0. The predicted molar refractivity (Wildman–Crippen MR) is 145 cm³/mol. The highest BCUT2D eigenvalue weighted by Gasteiger charge is 2.45. The number of piperidine rings is 1. The monoisotopic (exact) mass is 551 g/mol. The van der Waals surface area contributed by atoms with Crippen molar-refractivity contribution in [3.8, 4) is 17.6 Å². The van der Waals surface area contributed by atoms with E-state index in [1.165, 1.54) is 12.1 Å². The number of nitrogens with one attached hydrogen (secondary N) is 2. The van der Waals surface area contributed by atoms with Gasteiger partial charge in [0.25, 0.3) is 5.56 Å². The fraction of sp³-hybridized carbons (Fsp3) is 0.464. The van der Waals surface area contributed by atoms with Crippen LogP contribution in [0.1, 0.15) is 63.0 Å². The Hall–Kier alpha value is -3.49. The van der Waals surface area contributed by atoms with E-state index >= 15 is 0 Å². The molecule has 0 radical (unpaired) electrons. The number of hydrogen-bond donors (Lipinski definition) is 2. The third-order valence-electron chi connectivity index (χ3n) is 8.58. The lowest BCUT2D eigenvalue weighted by Gasteiger charge is -2.50. The van der Waals surface area contributed by atoms with Crippen molar-refractivity contribution >= 4 is 26.6 Å². The third-order valence-corrected chi connectivity index (χ3v) is 10.4. The fourth-order valence-electron chi connectivity index (χ4n) is 6.35. The first-order valence-electron chi connectivity index (χ1n) is 13.4. The maximum atomic E-state index is 14.9. The van der Waals surface area contributed by atoms with Crippen molar-refractivity contribution in [3.05, 3.63) is 58.4 Å². The Balaban J connectivity index is 1.29. The van der Waals surface area contributed by atoms with Crippen LogP contribution in [0.15, 0.2) is 41.5 Å². The number of nitriles is 1. The van der Waals surface area contributed by atoms with E-state index < -0.39 is 26.8 Å². The van der Waals surface area contributed by atoms with Gasteiger partial charge in [0.05, 0.1) is 28.2 Å². The van der Waals surface area contributed by atoms with Gasteiger partial charge in [-0.3, -0.25) is 14.1 Å². The first-order chi connectivity index (χ1) is 18.8. The minimum Gasteiger partial charge on any atom is -0.453 e. The molecule has 3 aromatic rings. The Kier molecular flexibility index (Phi) is 6.55. The summed E-state index contributed by atoms with van der Waals surface area (Å²) in [5.74, 6) is -1.07. The molecule has 1 aromatic heterocycles. The molecule has 11 heteroatoms. The van der Waals surface area contributed by atoms with Gasteiger partial charge in [0.15, 0.2) is 11.6 Å². The SMILES string of the molecule is N#Cc1c(NS(=O)(=O)C2CCCC2)ccc(F)c1Oc1ccc2ncn(C3CC4(CCNCC4)C3)c(=O)c2c1. The molecule has 2 aromatic carbocycles. The second-order valence-electron chi connectivity index (χ2n) is 11.0. The van der Waals surface area contributed by atoms with Crippen molar-refractivity contribution in [2.45, 2.75) is 62.7 Å². The molecule has 1 aliphatic heterocycles. The summed E-state index contributed by atoms with van der Waals surface area (Å²) in [5, 5.41) is 13.0. The van der Waals surface area contributed by atoms with Crippen LogP contribution in [0.3, 0.4) is 0 Å². The van der Waals surface area contributed by atoms with Gasteiger partial charge in [-0.1, -0.05) is 12.8 Å². The summed E-state index contributed by atoms with van der Waals surface area (Å²) in [6.45, 7) is 2.01. The minimum absolute atomic E-state index is 0.0394. The second kappa shape index (κ2) is 9.92. The molecule has 0 amide bonds. The molecule has 2 aliphatic carbocycles. The topological polar surface area (TPSA) is 126 Å². The number of anilines is 1. The summed E-state index contributed by atoms with van der Waals surface area (Å²) in [7, 11) is -3.74. The minimum atomic E-state index is -3.74. The highest BCUT2D eigenvalue weighted by molar-refractivity contribution is 7.93. The van der Waals surface area contributed by atoms with Gasteiger partial charge in [0, 0.05) is 6.04 Å². The Morgan fingerprint density at radius 2 is 1.90 bits per heavy atom. The smallest absolute Gasteiger partial charge is 0.261 e. The molecule has 9 nitrogen and oxygen atoms in total. The average Bonchev–Trinajstić information content (AvgIpc) is 3.47. The quantitative estimate of drug-likeness (QED) is 0.459. The van der Waals surface area contributed by atoms with Crippen molar-refractivity contribution < 1.29 is 17.5 Å². The van der Waals surface area contributed by atoms with E-state index in [2.05, 4.69) is 15.0 Å². The summed E-state index contributed by atoms with van der Waals surface area (Å²) in [6.07, 6.45) is 8.44. The van der Waals surface area contributed by atoms with Gasteiger partial charge >= 0.3 is 0 Å². The molecule has 0 atom stereocenters. The maximum Gasteiger partial charge on any atom is 0.261 e. The van der Waals surface area contributed by atoms with Gasteiger partial charge in [-0.2, -0.15) is 5.26 Å². The van der Waals surface area contributed by atoms with Gasteiger partial charge in [-0.05, 0) is 87.4 Å². The lowest BCUT2D eigenvalue weighted by atomic mass is 9.60. The summed E-state index contributed by atoms with van der Waals surface area (Å²) in [4.78, 5) is 17.9. The Labute approximate surface area is 226 Å². The van der Waals surface area contributed by atoms with Crippen LogP contribution in [0.4, 0.5) is 10.1 Å². The van der Waals surface area contributed by atoms with E-state index in [0.717, 1.165) is 57.7 Å². The molecule has 6 rings (SSSR count). The van der Waals surface area contributed by atoms with Crippen LogP contribution in [0, 0.1) is 22.6 Å². The van der Waals surface area contributed by atoms with Gasteiger partial charge in [0.1, 0.15) is 17.4 Å². The molecule has 204 valence electrons. The fourth-order valence-corrected chi connectivity index (χ4v) is 7.94. The number of ether oxygens (including phenoxy) is 1. The molecule has 0 unspecified atom stereocenters. The number of benzene rings is 2. The lowest BCUT2D eigenvalue weighted by Crippen LogP contribution is -2.47. The van der Waals surface area contributed by atoms with Crippen LogP contribution in [0.2, 0.25) is 0 Å². The zero-order valence-corrected chi connectivity index (χ0v) is 22.3. The molecule has 0 bridgehead atoms. The summed E-state index contributed by atoms with van der Waals surface area (Å²) < 4.78 is 50.5. The van der Waals surface area contributed by atoms with Gasteiger partial charge in [0.2, 0.25) is 10.0 Å². The number of hydrogen-bond acceptors (Lipinski definition) is 7. The van der Waals surface area contributed by atoms with E-state index in [1.54, 1.807) is 23.0 Å². The van der Waals surface area contributed by atoms with Crippen molar-refractivity contribution in [1.82, 2.24) is 14.9 Å². The molecule has 39 heavy (non-hydrogen) atoms. The molecular weight excluding hydrogens is 521 g/mol. The van der Waals surface area contributed by atoms with Crippen molar-refractivity contribution in [1.29, 1.82) is 5.26 Å². The van der Waals surface area contributed by atoms with Crippen LogP contribution in [-0.4, -0.2) is 36.3 Å². The molecule has 1 spiro atoms. The van der Waals surface area contributed by atoms with Crippen molar-refractivity contribution in [2.24, 2.45) is 5.41 Å². The maximum absolute atomic E-state index is 14.9. The molecule has 3 aliphatic rings. The van der Waals surface area contributed by atoms with Crippen LogP contribution in [-0.2, 0) is 10.0 Å². The summed E-state index contributed by atoms with van der Waals surface area (Å²) in [6, 6.07) is 8.91. The summed E-state index contributed by atoms with van der Waals surface area (Å²) >= 11 is 0. The number of nitrogens with zero attached hydrogens (tertiary/aromatic N) is 3. The zero-order chi connectivity index (χ0) is 27.2. The molecule has 2 N–H and O–H groups in total. The largest absolute Gasteiger partial charge is 0.453 e. The van der Waals surface area contributed by atoms with Crippen LogP contribution in [0.25, 0.3) is 10.9 Å². The number of fused-ring (bicyclic) bond motifs is 1. The average molecular weight is 552 g/mol. The molecule has 3 fully saturated rings. The highest BCUT2D eigenvalue weighted by Crippen LogP contribution is 2.53. The molecule has 1 saturated heterocycles.